The molecule has 26 heavy (non-hydrogen) atoms. The fourth-order valence-electron chi connectivity index (χ4n) is 3.75. The predicted octanol–water partition coefficient (Wildman–Crippen LogP) is 3.62. The van der Waals surface area contributed by atoms with Crippen LogP contribution in [0.25, 0.3) is 22.3 Å². The maximum Gasteiger partial charge on any atom is 0.187 e. The van der Waals surface area contributed by atoms with Gasteiger partial charge in [-0.3, -0.25) is 5.10 Å². The van der Waals surface area contributed by atoms with E-state index in [4.69, 9.17) is 5.73 Å². The largest absolute Gasteiger partial charge is 0.383 e. The van der Waals surface area contributed by atoms with E-state index in [0.29, 0.717) is 33.9 Å². The van der Waals surface area contributed by atoms with Crippen molar-refractivity contribution in [1.29, 1.82) is 0 Å². The van der Waals surface area contributed by atoms with Gasteiger partial charge in [-0.2, -0.15) is 5.10 Å². The van der Waals surface area contributed by atoms with Gasteiger partial charge in [-0.25, -0.2) is 14.4 Å². The Bertz CT molecular complexity index is 1110. The number of anilines is 1. The molecule has 0 spiro atoms. The van der Waals surface area contributed by atoms with Crippen LogP contribution in [0.4, 0.5) is 10.2 Å². The van der Waals surface area contributed by atoms with Crippen LogP contribution < -0.4 is 5.73 Å². The number of aromatic nitrogens is 4. The fraction of sp³-hybridized carbons (Fsp3) is 0.150. The molecular formula is C20H16FN5. The Morgan fingerprint density at radius 1 is 1.00 bits per heavy atom. The SMILES string of the molecule is Nc1nc(C2Cc3ccccc3C2)nc2n[nH]c(-c3cccc(F)c3)c12. The molecule has 0 atom stereocenters. The van der Waals surface area contributed by atoms with E-state index in [-0.39, 0.29) is 11.7 Å². The van der Waals surface area contributed by atoms with Gasteiger partial charge in [0.25, 0.3) is 0 Å². The van der Waals surface area contributed by atoms with E-state index >= 15 is 0 Å². The third-order valence-corrected chi connectivity index (χ3v) is 4.99. The van der Waals surface area contributed by atoms with Crippen LogP contribution in [-0.4, -0.2) is 20.2 Å². The first-order valence-electron chi connectivity index (χ1n) is 8.53. The molecule has 0 saturated carbocycles. The molecule has 0 fully saturated rings. The first-order valence-corrected chi connectivity index (χ1v) is 8.53. The highest BCUT2D eigenvalue weighted by Crippen LogP contribution is 2.35. The highest BCUT2D eigenvalue weighted by molar-refractivity contribution is 5.97. The summed E-state index contributed by atoms with van der Waals surface area (Å²) in [7, 11) is 0. The molecule has 0 aliphatic heterocycles. The van der Waals surface area contributed by atoms with Gasteiger partial charge in [0.15, 0.2) is 5.65 Å². The van der Waals surface area contributed by atoms with Crippen molar-refractivity contribution in [3.05, 3.63) is 71.3 Å². The maximum atomic E-state index is 13.6. The first-order chi connectivity index (χ1) is 12.7. The van der Waals surface area contributed by atoms with Crippen molar-refractivity contribution in [2.45, 2.75) is 18.8 Å². The van der Waals surface area contributed by atoms with Crippen LogP contribution in [0.15, 0.2) is 48.5 Å². The highest BCUT2D eigenvalue weighted by atomic mass is 19.1. The van der Waals surface area contributed by atoms with Crippen molar-refractivity contribution >= 4 is 16.9 Å². The summed E-state index contributed by atoms with van der Waals surface area (Å²) in [6.07, 6.45) is 1.81. The Hall–Kier alpha value is -3.28. The van der Waals surface area contributed by atoms with Crippen molar-refractivity contribution in [1.82, 2.24) is 20.2 Å². The molecule has 3 N–H and O–H groups in total. The zero-order chi connectivity index (χ0) is 17.7. The average molecular weight is 345 g/mol. The Balaban J connectivity index is 1.57. The minimum Gasteiger partial charge on any atom is -0.383 e. The lowest BCUT2D eigenvalue weighted by atomic mass is 10.1. The summed E-state index contributed by atoms with van der Waals surface area (Å²) in [5.41, 5.74) is 10.7. The number of nitrogens with one attached hydrogen (secondary N) is 1. The second kappa shape index (κ2) is 5.62. The van der Waals surface area contributed by atoms with Crippen LogP contribution in [0.5, 0.6) is 0 Å². The number of aromatic amines is 1. The number of rotatable bonds is 2. The molecule has 0 radical (unpaired) electrons. The van der Waals surface area contributed by atoms with Crippen molar-refractivity contribution < 1.29 is 4.39 Å². The monoisotopic (exact) mass is 345 g/mol. The standard InChI is InChI=1S/C20H16FN5/c21-15-7-3-6-13(10-15)17-16-18(22)23-19(24-20(16)26-25-17)14-8-11-4-1-2-5-12(11)9-14/h1-7,10,14H,8-9H2,(H3,22,23,24,25,26). The number of hydrogen-bond acceptors (Lipinski definition) is 4. The second-order valence-electron chi connectivity index (χ2n) is 6.65. The molecule has 0 unspecified atom stereocenters. The van der Waals surface area contributed by atoms with Gasteiger partial charge in [0.05, 0.1) is 11.1 Å². The summed E-state index contributed by atoms with van der Waals surface area (Å²) in [4.78, 5) is 9.20. The van der Waals surface area contributed by atoms with Crippen LogP contribution in [0.1, 0.15) is 22.9 Å². The predicted molar refractivity (Wildman–Crippen MR) is 98.1 cm³/mol. The topological polar surface area (TPSA) is 80.5 Å². The van der Waals surface area contributed by atoms with Crippen LogP contribution in [-0.2, 0) is 12.8 Å². The number of halogens is 1. The number of H-pyrrole nitrogens is 1. The molecule has 2 aromatic heterocycles. The number of nitrogen functional groups attached to an aromatic ring is 1. The quantitative estimate of drug-likeness (QED) is 0.581. The minimum atomic E-state index is -0.315. The van der Waals surface area contributed by atoms with E-state index in [0.717, 1.165) is 12.8 Å². The average Bonchev–Trinajstić information content (AvgIpc) is 3.26. The lowest BCUT2D eigenvalue weighted by molar-refractivity contribution is 0.628. The van der Waals surface area contributed by atoms with E-state index in [1.807, 2.05) is 0 Å². The molecule has 128 valence electrons. The van der Waals surface area contributed by atoms with E-state index in [1.54, 1.807) is 12.1 Å². The number of nitrogens with two attached hydrogens (primary N) is 1. The third-order valence-electron chi connectivity index (χ3n) is 4.99. The lowest BCUT2D eigenvalue weighted by Crippen LogP contribution is -2.07. The van der Waals surface area contributed by atoms with E-state index in [9.17, 15) is 4.39 Å². The Morgan fingerprint density at radius 3 is 2.50 bits per heavy atom. The number of nitrogens with zero attached hydrogens (tertiary/aromatic N) is 3. The van der Waals surface area contributed by atoms with Crippen LogP contribution in [0.3, 0.4) is 0 Å². The van der Waals surface area contributed by atoms with Crippen LogP contribution in [0, 0.1) is 5.82 Å². The van der Waals surface area contributed by atoms with Gasteiger partial charge in [0.2, 0.25) is 0 Å². The highest BCUT2D eigenvalue weighted by Gasteiger charge is 2.26. The molecule has 6 heteroatoms. The summed E-state index contributed by atoms with van der Waals surface area (Å²) in [6, 6.07) is 14.7. The molecule has 5 rings (SSSR count). The van der Waals surface area contributed by atoms with Gasteiger partial charge in [-0.1, -0.05) is 36.4 Å². The van der Waals surface area contributed by atoms with Crippen molar-refractivity contribution in [2.75, 3.05) is 5.73 Å². The normalized spacial score (nSPS) is 14.0. The zero-order valence-electron chi connectivity index (χ0n) is 13.9. The van der Waals surface area contributed by atoms with Gasteiger partial charge in [0.1, 0.15) is 17.5 Å². The smallest absolute Gasteiger partial charge is 0.187 e. The first kappa shape index (κ1) is 15.0. The molecule has 2 heterocycles. The second-order valence-corrected chi connectivity index (χ2v) is 6.65. The number of hydrogen-bond donors (Lipinski definition) is 2. The van der Waals surface area contributed by atoms with Crippen LogP contribution in [0.2, 0.25) is 0 Å². The third kappa shape index (κ3) is 2.34. The summed E-state index contributed by atoms with van der Waals surface area (Å²) in [5, 5.41) is 7.86. The molecule has 1 aliphatic carbocycles. The van der Waals surface area contributed by atoms with Gasteiger partial charge >= 0.3 is 0 Å². The molecule has 2 aromatic carbocycles. The van der Waals surface area contributed by atoms with Crippen LogP contribution >= 0.6 is 0 Å². The Labute approximate surface area is 149 Å². The van der Waals surface area contributed by atoms with E-state index in [2.05, 4.69) is 44.4 Å². The molecule has 0 saturated heterocycles. The van der Waals surface area contributed by atoms with Crippen molar-refractivity contribution in [3.63, 3.8) is 0 Å². The van der Waals surface area contributed by atoms with E-state index < -0.39 is 0 Å². The minimum absolute atomic E-state index is 0.202. The molecule has 4 aromatic rings. The lowest BCUT2D eigenvalue weighted by Gasteiger charge is -2.09. The van der Waals surface area contributed by atoms with Crippen molar-refractivity contribution in [3.8, 4) is 11.3 Å². The Kier molecular flexibility index (Phi) is 3.25. The van der Waals surface area contributed by atoms with Gasteiger partial charge in [0, 0.05) is 11.5 Å². The van der Waals surface area contributed by atoms with Crippen molar-refractivity contribution in [2.24, 2.45) is 0 Å². The molecular weight excluding hydrogens is 329 g/mol. The fourth-order valence-corrected chi connectivity index (χ4v) is 3.75. The maximum absolute atomic E-state index is 13.6. The van der Waals surface area contributed by atoms with Gasteiger partial charge in [-0.05, 0) is 36.1 Å². The summed E-state index contributed by atoms with van der Waals surface area (Å²) in [6.45, 7) is 0. The Morgan fingerprint density at radius 2 is 1.77 bits per heavy atom. The van der Waals surface area contributed by atoms with Gasteiger partial charge in [-0.15, -0.1) is 0 Å². The summed E-state index contributed by atoms with van der Waals surface area (Å²) in [5.74, 6) is 0.968. The molecule has 5 nitrogen and oxygen atoms in total. The number of benzene rings is 2. The number of fused-ring (bicyclic) bond motifs is 2. The summed E-state index contributed by atoms with van der Waals surface area (Å²) < 4.78 is 13.6. The van der Waals surface area contributed by atoms with Gasteiger partial charge < -0.3 is 5.73 Å². The molecule has 0 amide bonds. The molecule has 0 bridgehead atoms. The van der Waals surface area contributed by atoms with E-state index in [1.165, 1.54) is 23.3 Å². The molecule has 1 aliphatic rings. The summed E-state index contributed by atoms with van der Waals surface area (Å²) >= 11 is 0. The zero-order valence-corrected chi connectivity index (χ0v) is 13.9.